The number of hydrogen-bond donors (Lipinski definition) is 2. The number of alkyl halides is 4. The lowest BCUT2D eigenvalue weighted by Crippen LogP contribution is -2.35. The van der Waals surface area contributed by atoms with E-state index in [4.69, 9.17) is 4.55 Å². The number of halogens is 4. The average molecular weight is 255 g/mol. The van der Waals surface area contributed by atoms with E-state index < -0.39 is 21.8 Å². The Hall–Kier alpha value is -0.410. The number of nitrogens with one attached hydrogen (secondary N) is 1. The van der Waals surface area contributed by atoms with Crippen molar-refractivity contribution in [1.82, 2.24) is 5.32 Å². The molecular weight excluding hydrogens is 242 g/mol. The fourth-order valence-corrected chi connectivity index (χ4v) is 0.588. The highest BCUT2D eigenvalue weighted by atomic mass is 32.2. The van der Waals surface area contributed by atoms with Crippen LogP contribution in [0, 0.1) is 0 Å². The van der Waals surface area contributed by atoms with E-state index in [9.17, 15) is 26.0 Å². The Labute approximate surface area is 85.4 Å². The summed E-state index contributed by atoms with van der Waals surface area (Å²) in [6, 6.07) is 0. The van der Waals surface area contributed by atoms with E-state index in [1.807, 2.05) is 0 Å². The molecule has 0 aliphatic carbocycles. The van der Waals surface area contributed by atoms with Crippen LogP contribution in [0.5, 0.6) is 0 Å². The van der Waals surface area contributed by atoms with E-state index in [1.54, 1.807) is 0 Å². The molecule has 0 aliphatic rings. The van der Waals surface area contributed by atoms with Gasteiger partial charge in [0, 0.05) is 0 Å². The van der Waals surface area contributed by atoms with Gasteiger partial charge in [-0.15, -0.1) is 0 Å². The molecule has 4 nitrogen and oxygen atoms in total. The quantitative estimate of drug-likeness (QED) is 0.588. The van der Waals surface area contributed by atoms with Crippen LogP contribution in [0.4, 0.5) is 17.6 Å². The van der Waals surface area contributed by atoms with Crippen LogP contribution in [-0.2, 0) is 10.1 Å². The Morgan fingerprint density at radius 1 is 1.27 bits per heavy atom. The zero-order valence-electron chi connectivity index (χ0n) is 8.18. The Kier molecular flexibility index (Phi) is 7.89. The van der Waals surface area contributed by atoms with Gasteiger partial charge in [0.15, 0.2) is 0 Å². The lowest BCUT2D eigenvalue weighted by molar-refractivity contribution is -0.0687. The van der Waals surface area contributed by atoms with Gasteiger partial charge in [-0.05, 0) is 13.1 Å². The van der Waals surface area contributed by atoms with Crippen molar-refractivity contribution in [3.63, 3.8) is 0 Å². The molecule has 0 rings (SSSR count). The largest absolute Gasteiger partial charge is 0.428 e. The molecule has 15 heavy (non-hydrogen) atoms. The second-order valence-electron chi connectivity index (χ2n) is 2.29. The van der Waals surface area contributed by atoms with Gasteiger partial charge in [-0.2, -0.15) is 17.2 Å². The summed E-state index contributed by atoms with van der Waals surface area (Å²) in [6.45, 7) is 6.39. The molecule has 0 aromatic rings. The van der Waals surface area contributed by atoms with Gasteiger partial charge in [-0.25, -0.2) is 8.78 Å². The normalized spacial score (nSPS) is 12.3. The first-order chi connectivity index (χ1) is 6.61. The van der Waals surface area contributed by atoms with Crippen molar-refractivity contribution < 1.29 is 30.5 Å². The maximum Gasteiger partial charge on any atom is 0.428 e. The number of rotatable bonds is 4. The first-order valence-corrected chi connectivity index (χ1v) is 5.38. The molecule has 0 saturated heterocycles. The van der Waals surface area contributed by atoms with Crippen LogP contribution in [-0.4, -0.2) is 37.7 Å². The van der Waals surface area contributed by atoms with E-state index in [-0.39, 0.29) is 0 Å². The van der Waals surface area contributed by atoms with Crippen molar-refractivity contribution in [3.05, 3.63) is 0 Å². The van der Waals surface area contributed by atoms with Crippen LogP contribution in [0.25, 0.3) is 0 Å². The Bertz CT molecular complexity index is 253. The van der Waals surface area contributed by atoms with Crippen LogP contribution in [0.3, 0.4) is 0 Å². The summed E-state index contributed by atoms with van der Waals surface area (Å²) in [6.07, 6.45) is -4.41. The Balaban J connectivity index is 0. The maximum absolute atomic E-state index is 11.5. The molecular formula is C6H13F4NO3S. The van der Waals surface area contributed by atoms with Gasteiger partial charge >= 0.3 is 21.8 Å². The smallest absolute Gasteiger partial charge is 0.317 e. The van der Waals surface area contributed by atoms with Gasteiger partial charge in [0.2, 0.25) is 0 Å². The van der Waals surface area contributed by atoms with Crippen LogP contribution in [0.15, 0.2) is 0 Å². The third kappa shape index (κ3) is 6.63. The summed E-state index contributed by atoms with van der Waals surface area (Å²) in [5.41, 5.74) is 0. The summed E-state index contributed by atoms with van der Waals surface area (Å²) in [5.74, 6) is 0. The molecule has 9 heteroatoms. The highest BCUT2D eigenvalue weighted by Crippen LogP contribution is 2.27. The first-order valence-electron chi connectivity index (χ1n) is 3.94. The Morgan fingerprint density at radius 2 is 1.60 bits per heavy atom. The van der Waals surface area contributed by atoms with Gasteiger partial charge < -0.3 is 5.32 Å². The van der Waals surface area contributed by atoms with Crippen LogP contribution in [0.1, 0.15) is 13.8 Å². The third-order valence-electron chi connectivity index (χ3n) is 1.10. The molecule has 0 saturated carbocycles. The zero-order valence-corrected chi connectivity index (χ0v) is 8.99. The predicted octanol–water partition coefficient (Wildman–Crippen LogP) is 1.35. The second kappa shape index (κ2) is 6.96. The van der Waals surface area contributed by atoms with Crippen molar-refractivity contribution in [2.45, 2.75) is 25.5 Å². The summed E-state index contributed by atoms with van der Waals surface area (Å²) in [5, 5.41) is -2.26. The van der Waals surface area contributed by atoms with Gasteiger partial charge in [0.1, 0.15) is 0 Å². The first kappa shape index (κ1) is 17.0. The van der Waals surface area contributed by atoms with Crippen molar-refractivity contribution >= 4 is 10.1 Å². The summed E-state index contributed by atoms with van der Waals surface area (Å²) in [7, 11) is -5.98. The number of hydrogen-bond acceptors (Lipinski definition) is 3. The van der Waals surface area contributed by atoms with E-state index in [0.29, 0.717) is 0 Å². The van der Waals surface area contributed by atoms with E-state index >= 15 is 0 Å². The van der Waals surface area contributed by atoms with Crippen LogP contribution < -0.4 is 5.32 Å². The minimum absolute atomic E-state index is 1.09. The molecule has 0 bridgehead atoms. The molecule has 2 N–H and O–H groups in total. The highest BCUT2D eigenvalue weighted by molar-refractivity contribution is 7.86. The predicted molar refractivity (Wildman–Crippen MR) is 46.7 cm³/mol. The standard InChI is InChI=1S/C4H11N.C2H2F4O3S/c1-3-5-4-2;3-1(4)2(5,6)10(7,8)9/h5H,3-4H2,1-2H3;1H,(H,7,8,9). The maximum atomic E-state index is 11.5. The minimum atomic E-state index is -5.98. The van der Waals surface area contributed by atoms with E-state index in [1.165, 1.54) is 0 Å². The minimum Gasteiger partial charge on any atom is -0.317 e. The summed E-state index contributed by atoms with van der Waals surface area (Å²) in [4.78, 5) is 0. The van der Waals surface area contributed by atoms with Crippen molar-refractivity contribution in [2.75, 3.05) is 13.1 Å². The second-order valence-corrected chi connectivity index (χ2v) is 3.79. The SMILES string of the molecule is CCNCC.O=S(=O)(O)C(F)(F)C(F)F. The molecule has 94 valence electrons. The van der Waals surface area contributed by atoms with Gasteiger partial charge in [0.05, 0.1) is 0 Å². The van der Waals surface area contributed by atoms with E-state index in [0.717, 1.165) is 13.1 Å². The van der Waals surface area contributed by atoms with E-state index in [2.05, 4.69) is 19.2 Å². The summed E-state index contributed by atoms with van der Waals surface area (Å²) >= 11 is 0. The van der Waals surface area contributed by atoms with Gasteiger partial charge in [-0.3, -0.25) is 4.55 Å². The molecule has 0 aromatic heterocycles. The third-order valence-corrected chi connectivity index (χ3v) is 1.96. The fraction of sp³-hybridized carbons (Fsp3) is 1.00. The highest BCUT2D eigenvalue weighted by Gasteiger charge is 2.53. The van der Waals surface area contributed by atoms with Crippen molar-refractivity contribution in [2.24, 2.45) is 0 Å². The molecule has 0 unspecified atom stereocenters. The zero-order chi connectivity index (χ0) is 12.7. The Morgan fingerprint density at radius 3 is 1.60 bits per heavy atom. The monoisotopic (exact) mass is 255 g/mol. The van der Waals surface area contributed by atoms with Crippen molar-refractivity contribution in [1.29, 1.82) is 0 Å². The molecule has 0 aromatic carbocycles. The van der Waals surface area contributed by atoms with Crippen molar-refractivity contribution in [3.8, 4) is 0 Å². The molecule has 0 atom stereocenters. The van der Waals surface area contributed by atoms with Gasteiger partial charge in [0.25, 0.3) is 0 Å². The average Bonchev–Trinajstić information content (AvgIpc) is 2.04. The molecule has 0 spiro atoms. The van der Waals surface area contributed by atoms with Crippen LogP contribution in [0.2, 0.25) is 0 Å². The molecule has 0 fully saturated rings. The molecule has 0 heterocycles. The fourth-order valence-electron chi connectivity index (χ4n) is 0.363. The van der Waals surface area contributed by atoms with Crippen LogP contribution >= 0.6 is 0 Å². The lowest BCUT2D eigenvalue weighted by atomic mass is 10.7. The molecule has 0 amide bonds. The molecule has 0 radical (unpaired) electrons. The molecule has 0 aliphatic heterocycles. The topological polar surface area (TPSA) is 66.4 Å². The summed E-state index contributed by atoms with van der Waals surface area (Å²) < 4.78 is 71.3. The van der Waals surface area contributed by atoms with Gasteiger partial charge in [-0.1, -0.05) is 13.8 Å². The lowest BCUT2D eigenvalue weighted by Gasteiger charge is -2.09.